The number of anilines is 4. The second-order valence-corrected chi connectivity index (χ2v) is 6.94. The lowest BCUT2D eigenvalue weighted by Crippen LogP contribution is -2.27. The van der Waals surface area contributed by atoms with E-state index in [9.17, 15) is 0 Å². The molecule has 0 radical (unpaired) electrons. The molecule has 0 saturated carbocycles. The minimum atomic E-state index is -0.0382. The number of aryl methyl sites for hydroxylation is 1. The van der Waals surface area contributed by atoms with Crippen molar-refractivity contribution >= 4 is 23.1 Å². The van der Waals surface area contributed by atoms with Crippen LogP contribution in [0.1, 0.15) is 40.3 Å². The van der Waals surface area contributed by atoms with E-state index in [1.54, 1.807) is 0 Å². The van der Waals surface area contributed by atoms with E-state index in [1.807, 2.05) is 13.0 Å². The molecule has 0 aliphatic heterocycles. The summed E-state index contributed by atoms with van der Waals surface area (Å²) < 4.78 is 0. The molecule has 1 aromatic carbocycles. The molecule has 0 aliphatic carbocycles. The van der Waals surface area contributed by atoms with E-state index in [0.717, 1.165) is 30.3 Å². The number of aromatic nitrogens is 2. The van der Waals surface area contributed by atoms with E-state index in [2.05, 4.69) is 84.4 Å². The molecule has 0 fully saturated rings. The summed E-state index contributed by atoms with van der Waals surface area (Å²) >= 11 is 0. The van der Waals surface area contributed by atoms with Crippen LogP contribution in [0.5, 0.6) is 0 Å². The van der Waals surface area contributed by atoms with Crippen LogP contribution in [0.3, 0.4) is 0 Å². The molecule has 0 bridgehead atoms. The summed E-state index contributed by atoms with van der Waals surface area (Å²) in [6.07, 6.45) is 0. The summed E-state index contributed by atoms with van der Waals surface area (Å²) in [5, 5.41) is 6.68. The second kappa shape index (κ2) is 7.51. The predicted molar refractivity (Wildman–Crippen MR) is 103 cm³/mol. The molecule has 0 aliphatic rings. The van der Waals surface area contributed by atoms with E-state index >= 15 is 0 Å². The van der Waals surface area contributed by atoms with Gasteiger partial charge in [0.1, 0.15) is 5.82 Å². The minimum absolute atomic E-state index is 0.0382. The molecule has 130 valence electrons. The molecule has 0 unspecified atom stereocenters. The van der Waals surface area contributed by atoms with E-state index < -0.39 is 0 Å². The van der Waals surface area contributed by atoms with Gasteiger partial charge in [-0.2, -0.15) is 4.98 Å². The highest BCUT2D eigenvalue weighted by Crippen LogP contribution is 2.21. The van der Waals surface area contributed by atoms with Crippen LogP contribution >= 0.6 is 0 Å². The third kappa shape index (κ3) is 5.11. The van der Waals surface area contributed by atoms with Crippen molar-refractivity contribution in [1.29, 1.82) is 0 Å². The molecule has 2 aromatic rings. The van der Waals surface area contributed by atoms with Crippen LogP contribution < -0.4 is 15.5 Å². The maximum absolute atomic E-state index is 4.56. The average molecular weight is 327 g/mol. The molecule has 1 aromatic heterocycles. The van der Waals surface area contributed by atoms with Gasteiger partial charge in [0.05, 0.1) is 0 Å². The molecule has 0 spiro atoms. The Morgan fingerprint density at radius 2 is 1.62 bits per heavy atom. The monoisotopic (exact) mass is 327 g/mol. The number of nitrogens with one attached hydrogen (secondary N) is 2. The van der Waals surface area contributed by atoms with Gasteiger partial charge in [-0.15, -0.1) is 0 Å². The van der Waals surface area contributed by atoms with Crippen molar-refractivity contribution in [2.45, 2.75) is 47.1 Å². The Bertz CT molecular complexity index is 654. The van der Waals surface area contributed by atoms with Crippen LogP contribution in [0, 0.1) is 6.92 Å². The first-order chi connectivity index (χ1) is 11.3. The second-order valence-electron chi connectivity index (χ2n) is 6.94. The third-order valence-electron chi connectivity index (χ3n) is 3.61. The van der Waals surface area contributed by atoms with Gasteiger partial charge in [0.15, 0.2) is 0 Å². The van der Waals surface area contributed by atoms with Crippen LogP contribution in [-0.4, -0.2) is 28.6 Å². The predicted octanol–water partition coefficient (Wildman–Crippen LogP) is 4.59. The van der Waals surface area contributed by atoms with Crippen molar-refractivity contribution in [1.82, 2.24) is 9.97 Å². The van der Waals surface area contributed by atoms with Gasteiger partial charge in [-0.3, -0.25) is 0 Å². The molecule has 0 saturated heterocycles. The van der Waals surface area contributed by atoms with Gasteiger partial charge in [-0.1, -0.05) is 0 Å². The van der Waals surface area contributed by atoms with Crippen LogP contribution in [0.25, 0.3) is 0 Å². The van der Waals surface area contributed by atoms with Gasteiger partial charge in [-0.05, 0) is 65.8 Å². The van der Waals surface area contributed by atoms with Crippen molar-refractivity contribution in [2.24, 2.45) is 0 Å². The topological polar surface area (TPSA) is 53.1 Å². The number of hydrogen-bond donors (Lipinski definition) is 2. The van der Waals surface area contributed by atoms with Crippen LogP contribution in [-0.2, 0) is 0 Å². The highest BCUT2D eigenvalue weighted by atomic mass is 15.2. The minimum Gasteiger partial charge on any atom is -0.372 e. The van der Waals surface area contributed by atoms with Crippen molar-refractivity contribution in [3.63, 3.8) is 0 Å². The van der Waals surface area contributed by atoms with E-state index in [-0.39, 0.29) is 5.54 Å². The maximum atomic E-state index is 4.56. The van der Waals surface area contributed by atoms with Gasteiger partial charge < -0.3 is 15.5 Å². The zero-order valence-corrected chi connectivity index (χ0v) is 15.6. The fourth-order valence-corrected chi connectivity index (χ4v) is 2.55. The highest BCUT2D eigenvalue weighted by molar-refractivity contribution is 5.60. The summed E-state index contributed by atoms with van der Waals surface area (Å²) in [6.45, 7) is 14.7. The number of nitrogens with zero attached hydrogens (tertiary/aromatic N) is 3. The van der Waals surface area contributed by atoms with Crippen LogP contribution in [0.2, 0.25) is 0 Å². The molecular formula is C19H29N5. The van der Waals surface area contributed by atoms with E-state index in [4.69, 9.17) is 0 Å². The maximum Gasteiger partial charge on any atom is 0.229 e. The first-order valence-electron chi connectivity index (χ1n) is 8.56. The fraction of sp³-hybridized carbons (Fsp3) is 0.474. The number of benzene rings is 1. The SMILES string of the molecule is CCN(CC)c1ccc(Nc2nc(C)cc(NC(C)(C)C)n2)cc1. The molecule has 0 amide bonds. The molecule has 24 heavy (non-hydrogen) atoms. The molecule has 1 heterocycles. The Balaban J connectivity index is 2.16. The number of hydrogen-bond acceptors (Lipinski definition) is 5. The lowest BCUT2D eigenvalue weighted by molar-refractivity contribution is 0.630. The van der Waals surface area contributed by atoms with Gasteiger partial charge in [-0.25, -0.2) is 4.98 Å². The van der Waals surface area contributed by atoms with E-state index in [1.165, 1.54) is 5.69 Å². The van der Waals surface area contributed by atoms with Crippen LogP contribution in [0.15, 0.2) is 30.3 Å². The largest absolute Gasteiger partial charge is 0.372 e. The summed E-state index contributed by atoms with van der Waals surface area (Å²) in [5.74, 6) is 1.44. The van der Waals surface area contributed by atoms with Gasteiger partial charge in [0, 0.05) is 41.8 Å². The van der Waals surface area contributed by atoms with Crippen molar-refractivity contribution in [2.75, 3.05) is 28.6 Å². The quantitative estimate of drug-likeness (QED) is 0.813. The van der Waals surface area contributed by atoms with Crippen molar-refractivity contribution in [3.05, 3.63) is 36.0 Å². The molecular weight excluding hydrogens is 298 g/mol. The zero-order valence-electron chi connectivity index (χ0n) is 15.6. The van der Waals surface area contributed by atoms with Gasteiger partial charge in [0.25, 0.3) is 0 Å². The zero-order chi connectivity index (χ0) is 17.7. The van der Waals surface area contributed by atoms with E-state index in [0.29, 0.717) is 5.95 Å². The fourth-order valence-electron chi connectivity index (χ4n) is 2.55. The Hall–Kier alpha value is -2.30. The normalized spacial score (nSPS) is 11.2. The summed E-state index contributed by atoms with van der Waals surface area (Å²) in [4.78, 5) is 11.4. The van der Waals surface area contributed by atoms with Gasteiger partial charge in [0.2, 0.25) is 5.95 Å². The standard InChI is InChI=1S/C19H29N5/c1-7-24(8-2)16-11-9-15(10-12-16)21-18-20-14(3)13-17(22-18)23-19(4,5)6/h9-13H,7-8H2,1-6H3,(H2,20,21,22,23). The Kier molecular flexibility index (Phi) is 5.65. The third-order valence-corrected chi connectivity index (χ3v) is 3.61. The first kappa shape index (κ1) is 18.0. The highest BCUT2D eigenvalue weighted by Gasteiger charge is 2.12. The smallest absolute Gasteiger partial charge is 0.229 e. The Morgan fingerprint density at radius 3 is 2.17 bits per heavy atom. The first-order valence-corrected chi connectivity index (χ1v) is 8.56. The molecule has 5 nitrogen and oxygen atoms in total. The summed E-state index contributed by atoms with van der Waals surface area (Å²) in [7, 11) is 0. The lowest BCUT2D eigenvalue weighted by atomic mass is 10.1. The van der Waals surface area contributed by atoms with Crippen molar-refractivity contribution < 1.29 is 0 Å². The molecule has 2 N–H and O–H groups in total. The molecule has 0 atom stereocenters. The Morgan fingerprint density at radius 1 is 1.00 bits per heavy atom. The van der Waals surface area contributed by atoms with Crippen LogP contribution in [0.4, 0.5) is 23.1 Å². The number of rotatable bonds is 6. The lowest BCUT2D eigenvalue weighted by Gasteiger charge is -2.22. The van der Waals surface area contributed by atoms with Crippen molar-refractivity contribution in [3.8, 4) is 0 Å². The summed E-state index contributed by atoms with van der Waals surface area (Å²) in [5.41, 5.74) is 3.10. The average Bonchev–Trinajstić information content (AvgIpc) is 2.47. The summed E-state index contributed by atoms with van der Waals surface area (Å²) in [6, 6.07) is 10.3. The molecule has 2 rings (SSSR count). The molecule has 5 heteroatoms. The van der Waals surface area contributed by atoms with Gasteiger partial charge >= 0.3 is 0 Å². The Labute approximate surface area is 145 Å².